The van der Waals surface area contributed by atoms with Gasteiger partial charge in [0.25, 0.3) is 0 Å². The molecule has 1 atom stereocenters. The first-order chi connectivity index (χ1) is 8.39. The molecule has 0 unspecified atom stereocenters. The van der Waals surface area contributed by atoms with E-state index >= 15 is 0 Å². The van der Waals surface area contributed by atoms with Gasteiger partial charge in [0.05, 0.1) is 25.2 Å². The zero-order chi connectivity index (χ0) is 14.2. The van der Waals surface area contributed by atoms with Crippen LogP contribution in [-0.4, -0.2) is 36.0 Å². The summed E-state index contributed by atoms with van der Waals surface area (Å²) in [5.74, 6) is -0.182. The van der Waals surface area contributed by atoms with Crippen LogP contribution in [0.5, 0.6) is 0 Å². The number of nitrogens with zero attached hydrogens (tertiary/aromatic N) is 3. The summed E-state index contributed by atoms with van der Waals surface area (Å²) < 4.78 is 0. The molecule has 0 aromatic carbocycles. The van der Waals surface area contributed by atoms with E-state index in [0.717, 1.165) is 6.42 Å². The summed E-state index contributed by atoms with van der Waals surface area (Å²) >= 11 is 0. The Morgan fingerprint density at radius 3 is 2.44 bits per heavy atom. The molecule has 0 spiro atoms. The number of hydrogen-bond donors (Lipinski definition) is 1. The summed E-state index contributed by atoms with van der Waals surface area (Å²) in [6.07, 6.45) is 0.884. The molecule has 0 aromatic rings. The van der Waals surface area contributed by atoms with Crippen molar-refractivity contribution in [3.05, 3.63) is 0 Å². The molecule has 0 aliphatic carbocycles. The second kappa shape index (κ2) is 7.68. The molecule has 0 bridgehead atoms. The summed E-state index contributed by atoms with van der Waals surface area (Å²) in [4.78, 5) is 13.6. The van der Waals surface area contributed by atoms with Gasteiger partial charge in [-0.1, -0.05) is 20.8 Å². The molecule has 1 amide bonds. The van der Waals surface area contributed by atoms with Crippen molar-refractivity contribution in [1.29, 1.82) is 10.5 Å². The predicted octanol–water partition coefficient (Wildman–Crippen LogP) is 1.28. The van der Waals surface area contributed by atoms with Crippen LogP contribution in [-0.2, 0) is 4.79 Å². The van der Waals surface area contributed by atoms with E-state index in [1.807, 2.05) is 26.8 Å². The molecule has 1 N–H and O–H groups in total. The smallest absolute Gasteiger partial charge is 0.235 e. The van der Waals surface area contributed by atoms with Crippen molar-refractivity contribution < 1.29 is 4.79 Å². The average Bonchev–Trinajstić information content (AvgIpc) is 2.29. The Labute approximate surface area is 109 Å². The first-order valence-electron chi connectivity index (χ1n) is 6.21. The van der Waals surface area contributed by atoms with Crippen molar-refractivity contribution in [3.8, 4) is 12.1 Å². The van der Waals surface area contributed by atoms with Gasteiger partial charge < -0.3 is 5.32 Å². The molecule has 0 fully saturated rings. The van der Waals surface area contributed by atoms with E-state index in [4.69, 9.17) is 10.5 Å². The van der Waals surface area contributed by atoms with Gasteiger partial charge in [0, 0.05) is 0 Å². The molecular formula is C13H22N4O. The molecule has 5 nitrogen and oxygen atoms in total. The third-order valence-electron chi connectivity index (χ3n) is 2.99. The first-order valence-corrected chi connectivity index (χ1v) is 6.21. The summed E-state index contributed by atoms with van der Waals surface area (Å²) in [7, 11) is 0. The van der Waals surface area contributed by atoms with E-state index in [1.165, 1.54) is 0 Å². The van der Waals surface area contributed by atoms with E-state index in [-0.39, 0.29) is 24.9 Å². The molecule has 0 aromatic heterocycles. The normalized spacial score (nSPS) is 13.8. The van der Waals surface area contributed by atoms with Crippen LogP contribution in [0.3, 0.4) is 0 Å². The molecular weight excluding hydrogens is 228 g/mol. The molecule has 0 aliphatic rings. The fraction of sp³-hybridized carbons (Fsp3) is 0.769. The lowest BCUT2D eigenvalue weighted by Gasteiger charge is -2.28. The molecule has 0 saturated carbocycles. The minimum atomic E-state index is -0.860. The fourth-order valence-electron chi connectivity index (χ4n) is 1.46. The Morgan fingerprint density at radius 1 is 1.44 bits per heavy atom. The second-order valence-electron chi connectivity index (χ2n) is 4.89. The minimum absolute atomic E-state index is 0.0297. The fourth-order valence-corrected chi connectivity index (χ4v) is 1.46. The number of amides is 1. The second-order valence-corrected chi connectivity index (χ2v) is 4.89. The van der Waals surface area contributed by atoms with Gasteiger partial charge in [-0.05, 0) is 25.8 Å². The Bertz CT molecular complexity index is 353. The summed E-state index contributed by atoms with van der Waals surface area (Å²) in [5.41, 5.74) is -0.860. The van der Waals surface area contributed by atoms with Crippen LogP contribution in [0.2, 0.25) is 0 Å². The average molecular weight is 250 g/mol. The maximum Gasteiger partial charge on any atom is 0.235 e. The molecule has 100 valence electrons. The predicted molar refractivity (Wildman–Crippen MR) is 69.3 cm³/mol. The lowest BCUT2D eigenvalue weighted by Crippen LogP contribution is -2.51. The molecule has 0 saturated heterocycles. The standard InChI is InChI=1S/C13H22N4O/c1-5-7-17(8-6-14)9-12(18)16-13(4,10-15)11(2)3/h11H,5,7-9H2,1-4H3,(H,16,18)/t13-/m1/s1. The highest BCUT2D eigenvalue weighted by molar-refractivity contribution is 5.79. The van der Waals surface area contributed by atoms with Crippen LogP contribution in [0.15, 0.2) is 0 Å². The highest BCUT2D eigenvalue weighted by Gasteiger charge is 2.30. The van der Waals surface area contributed by atoms with Gasteiger partial charge in [-0.3, -0.25) is 9.69 Å². The van der Waals surface area contributed by atoms with Gasteiger partial charge in [0.2, 0.25) is 5.91 Å². The van der Waals surface area contributed by atoms with Gasteiger partial charge in [-0.2, -0.15) is 10.5 Å². The molecule has 5 heteroatoms. The Hall–Kier alpha value is -1.59. The number of nitriles is 2. The highest BCUT2D eigenvalue weighted by atomic mass is 16.2. The van der Waals surface area contributed by atoms with Gasteiger partial charge in [0.1, 0.15) is 5.54 Å². The lowest BCUT2D eigenvalue weighted by atomic mass is 9.90. The van der Waals surface area contributed by atoms with E-state index < -0.39 is 5.54 Å². The van der Waals surface area contributed by atoms with Crippen molar-refractivity contribution in [1.82, 2.24) is 10.2 Å². The van der Waals surface area contributed by atoms with Crippen LogP contribution in [0.4, 0.5) is 0 Å². The maximum atomic E-state index is 11.9. The molecule has 0 rings (SSSR count). The van der Waals surface area contributed by atoms with Crippen LogP contribution < -0.4 is 5.32 Å². The van der Waals surface area contributed by atoms with Crippen LogP contribution in [0.25, 0.3) is 0 Å². The Kier molecular flexibility index (Phi) is 7.00. The number of carbonyl (C=O) groups is 1. The summed E-state index contributed by atoms with van der Waals surface area (Å²) in [5, 5.41) is 20.5. The van der Waals surface area contributed by atoms with Gasteiger partial charge >= 0.3 is 0 Å². The van der Waals surface area contributed by atoms with Crippen molar-refractivity contribution >= 4 is 5.91 Å². The zero-order valence-electron chi connectivity index (χ0n) is 11.7. The topological polar surface area (TPSA) is 79.9 Å². The van der Waals surface area contributed by atoms with Crippen molar-refractivity contribution in [3.63, 3.8) is 0 Å². The maximum absolute atomic E-state index is 11.9. The Morgan fingerprint density at radius 2 is 2.06 bits per heavy atom. The Balaban J connectivity index is 4.50. The minimum Gasteiger partial charge on any atom is -0.337 e. The number of nitrogens with one attached hydrogen (secondary N) is 1. The number of hydrogen-bond acceptors (Lipinski definition) is 4. The quantitative estimate of drug-likeness (QED) is 0.690. The van der Waals surface area contributed by atoms with Crippen molar-refractivity contribution in [2.75, 3.05) is 19.6 Å². The van der Waals surface area contributed by atoms with E-state index in [0.29, 0.717) is 6.54 Å². The van der Waals surface area contributed by atoms with Gasteiger partial charge in [0.15, 0.2) is 0 Å². The summed E-state index contributed by atoms with van der Waals surface area (Å²) in [6.45, 7) is 8.58. The first kappa shape index (κ1) is 16.4. The van der Waals surface area contributed by atoms with E-state index in [9.17, 15) is 4.79 Å². The van der Waals surface area contributed by atoms with Gasteiger partial charge in [-0.15, -0.1) is 0 Å². The van der Waals surface area contributed by atoms with Crippen molar-refractivity contribution in [2.24, 2.45) is 5.92 Å². The van der Waals surface area contributed by atoms with Crippen LogP contribution in [0.1, 0.15) is 34.1 Å². The van der Waals surface area contributed by atoms with E-state index in [2.05, 4.69) is 11.4 Å². The van der Waals surface area contributed by atoms with Crippen LogP contribution >= 0.6 is 0 Å². The molecule has 0 heterocycles. The monoisotopic (exact) mass is 250 g/mol. The largest absolute Gasteiger partial charge is 0.337 e. The zero-order valence-corrected chi connectivity index (χ0v) is 11.7. The number of carbonyl (C=O) groups excluding carboxylic acids is 1. The highest BCUT2D eigenvalue weighted by Crippen LogP contribution is 2.14. The summed E-state index contributed by atoms with van der Waals surface area (Å²) in [6, 6.07) is 4.17. The van der Waals surface area contributed by atoms with E-state index in [1.54, 1.807) is 11.8 Å². The molecule has 18 heavy (non-hydrogen) atoms. The van der Waals surface area contributed by atoms with Crippen LogP contribution in [0, 0.1) is 28.6 Å². The lowest BCUT2D eigenvalue weighted by molar-refractivity contribution is -0.123. The molecule has 0 aliphatic heterocycles. The number of rotatable bonds is 7. The van der Waals surface area contributed by atoms with Gasteiger partial charge in [-0.25, -0.2) is 0 Å². The third kappa shape index (κ3) is 5.16. The van der Waals surface area contributed by atoms with Crippen molar-refractivity contribution in [2.45, 2.75) is 39.7 Å². The SMILES string of the molecule is CCCN(CC#N)CC(=O)N[C@](C)(C#N)C(C)C. The molecule has 0 radical (unpaired) electrons. The third-order valence-corrected chi connectivity index (χ3v) is 2.99.